The number of furan rings is 1. The molecule has 10 heteroatoms. The fraction of sp³-hybridized carbons (Fsp3) is 0.684. The fourth-order valence-electron chi connectivity index (χ4n) is 3.32. The average Bonchev–Trinajstić information content (AvgIpc) is 3.01. The number of methoxy groups -OCH3 is 1. The van der Waals surface area contributed by atoms with E-state index in [1.807, 2.05) is 6.92 Å². The third kappa shape index (κ3) is 4.99. The summed E-state index contributed by atoms with van der Waals surface area (Å²) in [6.45, 7) is 8.06. The van der Waals surface area contributed by atoms with Gasteiger partial charge in [0.1, 0.15) is 28.1 Å². The smallest absolute Gasteiger partial charge is 0.342 e. The molecule has 1 aliphatic rings. The Morgan fingerprint density at radius 2 is 1.76 bits per heavy atom. The second-order valence-electron chi connectivity index (χ2n) is 7.01. The van der Waals surface area contributed by atoms with Gasteiger partial charge in [0.05, 0.1) is 7.11 Å². The van der Waals surface area contributed by atoms with Gasteiger partial charge in [0, 0.05) is 32.8 Å². The molecular weight excluding hydrogens is 400 g/mol. The molecule has 2 heterocycles. The van der Waals surface area contributed by atoms with Crippen LogP contribution in [0.5, 0.6) is 0 Å². The molecule has 1 aromatic heterocycles. The van der Waals surface area contributed by atoms with Crippen molar-refractivity contribution < 1.29 is 31.9 Å². The number of unbranched alkanes of at least 4 members (excludes halogenated alkanes) is 1. The second-order valence-corrected chi connectivity index (χ2v) is 8.88. The third-order valence-electron chi connectivity index (χ3n) is 4.96. The van der Waals surface area contributed by atoms with Crippen LogP contribution in [0.15, 0.2) is 9.31 Å². The largest absolute Gasteiger partial charge is 0.465 e. The van der Waals surface area contributed by atoms with E-state index in [0.29, 0.717) is 6.61 Å². The number of sulfonamides is 1. The lowest BCUT2D eigenvalue weighted by molar-refractivity contribution is -0.143. The zero-order valence-corrected chi connectivity index (χ0v) is 18.5. The summed E-state index contributed by atoms with van der Waals surface area (Å²) < 4.78 is 43.3. The van der Waals surface area contributed by atoms with E-state index in [1.165, 1.54) is 25.3 Å². The van der Waals surface area contributed by atoms with Crippen LogP contribution in [-0.4, -0.2) is 75.5 Å². The summed E-state index contributed by atoms with van der Waals surface area (Å²) in [6.07, 6.45) is 1.31. The molecule has 29 heavy (non-hydrogen) atoms. The number of carbonyl (C=O) groups is 2. The Balaban J connectivity index is 2.11. The van der Waals surface area contributed by atoms with Gasteiger partial charge in [0.2, 0.25) is 10.0 Å². The molecule has 9 nitrogen and oxygen atoms in total. The van der Waals surface area contributed by atoms with Crippen LogP contribution in [0.3, 0.4) is 0 Å². The Morgan fingerprint density at radius 1 is 1.14 bits per heavy atom. The van der Waals surface area contributed by atoms with Crippen LogP contribution in [0.25, 0.3) is 0 Å². The van der Waals surface area contributed by atoms with Gasteiger partial charge in [-0.25, -0.2) is 13.2 Å². The Hall–Kier alpha value is -1.91. The summed E-state index contributed by atoms with van der Waals surface area (Å²) in [6, 6.07) is 0. The first kappa shape index (κ1) is 23.4. The molecule has 0 N–H and O–H groups in total. The van der Waals surface area contributed by atoms with Crippen LogP contribution >= 0.6 is 0 Å². The van der Waals surface area contributed by atoms with Gasteiger partial charge in [-0.2, -0.15) is 4.31 Å². The summed E-state index contributed by atoms with van der Waals surface area (Å²) in [5, 5.41) is 0. The number of ether oxygens (including phenoxy) is 2. The highest BCUT2D eigenvalue weighted by Crippen LogP contribution is 2.30. The Bertz CT molecular complexity index is 839. The van der Waals surface area contributed by atoms with Crippen molar-refractivity contribution in [1.29, 1.82) is 0 Å². The standard InChI is InChI=1S/C19H30N2O7S/c1-6-7-12-27-15(4)18(22)20-8-10-21(11-9-20)29(24,25)17-14(3)28-13(2)16(17)19(23)26-5/h15H,6-12H2,1-5H3. The van der Waals surface area contributed by atoms with Crippen molar-refractivity contribution in [3.8, 4) is 0 Å². The maximum Gasteiger partial charge on any atom is 0.342 e. The Morgan fingerprint density at radius 3 is 2.31 bits per heavy atom. The summed E-state index contributed by atoms with van der Waals surface area (Å²) in [5.41, 5.74) is -0.0820. The number of esters is 1. The normalized spacial score (nSPS) is 16.7. The van der Waals surface area contributed by atoms with Crippen molar-refractivity contribution in [2.75, 3.05) is 39.9 Å². The molecule has 0 bridgehead atoms. The predicted octanol–water partition coefficient (Wildman–Crippen LogP) is 1.72. The Labute approximate surface area is 172 Å². The van der Waals surface area contributed by atoms with Crippen LogP contribution in [0.2, 0.25) is 0 Å². The zero-order valence-electron chi connectivity index (χ0n) is 17.7. The lowest BCUT2D eigenvalue weighted by atomic mass is 10.2. The van der Waals surface area contributed by atoms with Gasteiger partial charge >= 0.3 is 5.97 Å². The molecule has 0 radical (unpaired) electrons. The second kappa shape index (κ2) is 9.73. The first-order chi connectivity index (χ1) is 13.6. The van der Waals surface area contributed by atoms with Crippen molar-refractivity contribution in [3.63, 3.8) is 0 Å². The SMILES string of the molecule is CCCCOC(C)C(=O)N1CCN(S(=O)(=O)c2c(C)oc(C)c2C(=O)OC)CC1. The Kier molecular flexibility index (Phi) is 7.84. The summed E-state index contributed by atoms with van der Waals surface area (Å²) in [5.74, 6) is -0.576. The van der Waals surface area contributed by atoms with Crippen molar-refractivity contribution >= 4 is 21.9 Å². The zero-order chi connectivity index (χ0) is 21.8. The molecule has 0 aliphatic carbocycles. The molecule has 164 valence electrons. The molecule has 0 saturated carbocycles. The number of piperazine rings is 1. The van der Waals surface area contributed by atoms with E-state index in [2.05, 4.69) is 0 Å². The van der Waals surface area contributed by atoms with Crippen molar-refractivity contribution in [1.82, 2.24) is 9.21 Å². The van der Waals surface area contributed by atoms with Crippen molar-refractivity contribution in [2.45, 2.75) is 51.5 Å². The summed E-state index contributed by atoms with van der Waals surface area (Å²) in [4.78, 5) is 26.0. The lowest BCUT2D eigenvalue weighted by Gasteiger charge is -2.35. The maximum absolute atomic E-state index is 13.2. The van der Waals surface area contributed by atoms with Gasteiger partial charge in [-0.3, -0.25) is 4.79 Å². The highest BCUT2D eigenvalue weighted by atomic mass is 32.2. The number of hydrogen-bond acceptors (Lipinski definition) is 7. The number of rotatable bonds is 8. The molecule has 1 aliphatic heterocycles. The van der Waals surface area contributed by atoms with E-state index in [9.17, 15) is 18.0 Å². The lowest BCUT2D eigenvalue weighted by Crippen LogP contribution is -2.52. The quantitative estimate of drug-likeness (QED) is 0.457. The number of hydrogen-bond donors (Lipinski definition) is 0. The fourth-order valence-corrected chi connectivity index (χ4v) is 5.11. The van der Waals surface area contributed by atoms with Gasteiger partial charge in [-0.15, -0.1) is 0 Å². The highest BCUT2D eigenvalue weighted by molar-refractivity contribution is 7.89. The number of amides is 1. The molecule has 0 spiro atoms. The molecule has 1 aromatic rings. The first-order valence-electron chi connectivity index (χ1n) is 9.73. The van der Waals surface area contributed by atoms with Crippen LogP contribution in [0.1, 0.15) is 48.6 Å². The highest BCUT2D eigenvalue weighted by Gasteiger charge is 2.38. The van der Waals surface area contributed by atoms with Crippen molar-refractivity contribution in [2.24, 2.45) is 0 Å². The monoisotopic (exact) mass is 430 g/mol. The molecule has 0 aromatic carbocycles. The number of nitrogens with zero attached hydrogens (tertiary/aromatic N) is 2. The van der Waals surface area contributed by atoms with Crippen LogP contribution in [-0.2, 0) is 24.3 Å². The van der Waals surface area contributed by atoms with Gasteiger partial charge in [0.15, 0.2) is 0 Å². The van der Waals surface area contributed by atoms with E-state index >= 15 is 0 Å². The number of carbonyl (C=O) groups excluding carboxylic acids is 2. The van der Waals surface area contributed by atoms with E-state index in [-0.39, 0.29) is 54.1 Å². The molecule has 2 rings (SSSR count). The number of aryl methyl sites for hydroxylation is 2. The first-order valence-corrected chi connectivity index (χ1v) is 11.2. The van der Waals surface area contributed by atoms with Crippen LogP contribution < -0.4 is 0 Å². The van der Waals surface area contributed by atoms with E-state index in [1.54, 1.807) is 11.8 Å². The summed E-state index contributed by atoms with van der Waals surface area (Å²) in [7, 11) is -2.79. The van der Waals surface area contributed by atoms with Gasteiger partial charge < -0.3 is 18.8 Å². The summed E-state index contributed by atoms with van der Waals surface area (Å²) >= 11 is 0. The van der Waals surface area contributed by atoms with Gasteiger partial charge in [0.25, 0.3) is 5.91 Å². The predicted molar refractivity (Wildman–Crippen MR) is 105 cm³/mol. The molecule has 1 atom stereocenters. The van der Waals surface area contributed by atoms with E-state index in [0.717, 1.165) is 12.8 Å². The topological polar surface area (TPSA) is 106 Å². The maximum atomic E-state index is 13.2. The molecule has 1 unspecified atom stereocenters. The third-order valence-corrected chi connectivity index (χ3v) is 7.01. The van der Waals surface area contributed by atoms with Crippen LogP contribution in [0, 0.1) is 13.8 Å². The molecular formula is C19H30N2O7S. The van der Waals surface area contributed by atoms with Gasteiger partial charge in [-0.1, -0.05) is 13.3 Å². The van der Waals surface area contributed by atoms with E-state index in [4.69, 9.17) is 13.9 Å². The van der Waals surface area contributed by atoms with E-state index < -0.39 is 22.1 Å². The minimum Gasteiger partial charge on any atom is -0.465 e. The molecule has 1 fully saturated rings. The van der Waals surface area contributed by atoms with Crippen molar-refractivity contribution in [3.05, 3.63) is 17.1 Å². The minimum absolute atomic E-state index is 0.0820. The average molecular weight is 431 g/mol. The van der Waals surface area contributed by atoms with Gasteiger partial charge in [-0.05, 0) is 27.2 Å². The molecule has 1 amide bonds. The minimum atomic E-state index is -3.98. The van der Waals surface area contributed by atoms with Crippen LogP contribution in [0.4, 0.5) is 0 Å². The molecule has 1 saturated heterocycles.